The molecule has 3 amide bonds. The highest BCUT2D eigenvalue weighted by molar-refractivity contribution is 8.02. The number of likely N-dealkylation sites (tertiary alicyclic amines) is 1. The van der Waals surface area contributed by atoms with Gasteiger partial charge in [-0.2, -0.15) is 0 Å². The third-order valence-corrected chi connectivity index (χ3v) is 10.00. The fourth-order valence-electron chi connectivity index (χ4n) is 6.39. The second-order valence-electron chi connectivity index (χ2n) is 10.3. The number of rotatable bonds is 9. The molecule has 3 aliphatic heterocycles. The zero-order chi connectivity index (χ0) is 26.2. The van der Waals surface area contributed by atoms with E-state index < -0.39 is 27.4 Å². The van der Waals surface area contributed by atoms with Gasteiger partial charge < -0.3 is 25.4 Å². The largest absolute Gasteiger partial charge is 0.497 e. The van der Waals surface area contributed by atoms with E-state index in [9.17, 15) is 19.5 Å². The monoisotopic (exact) mass is 523 g/mol. The van der Waals surface area contributed by atoms with Crippen LogP contribution >= 0.6 is 11.8 Å². The number of amides is 3. The molecule has 9 heteroatoms. The molecule has 2 aromatic rings. The smallest absolute Gasteiger partial charge is 0.248 e. The first-order chi connectivity index (χ1) is 17.8. The number of aliphatic hydroxyl groups is 1. The van der Waals surface area contributed by atoms with E-state index in [2.05, 4.69) is 17.6 Å². The van der Waals surface area contributed by atoms with Crippen molar-refractivity contribution in [2.45, 2.75) is 48.1 Å². The molecule has 3 aliphatic rings. The van der Waals surface area contributed by atoms with E-state index in [1.165, 1.54) is 0 Å². The van der Waals surface area contributed by atoms with Gasteiger partial charge in [0.05, 0.1) is 23.7 Å². The van der Waals surface area contributed by atoms with Crippen LogP contribution in [0.4, 0.5) is 11.4 Å². The van der Waals surface area contributed by atoms with Crippen molar-refractivity contribution in [3.63, 3.8) is 0 Å². The summed E-state index contributed by atoms with van der Waals surface area (Å²) in [6.07, 6.45) is 2.57. The molecule has 2 bridgehead atoms. The number of carbonyl (C=O) groups is 3. The first-order valence-corrected chi connectivity index (χ1v) is 13.6. The first-order valence-electron chi connectivity index (χ1n) is 12.8. The molecule has 3 heterocycles. The first kappa shape index (κ1) is 25.6. The lowest BCUT2D eigenvalue weighted by molar-refractivity contribution is -0.139. The number of hydrogen-bond acceptors (Lipinski definition) is 6. The van der Waals surface area contributed by atoms with Crippen molar-refractivity contribution in [3.8, 4) is 5.75 Å². The van der Waals surface area contributed by atoms with Crippen LogP contribution in [0.15, 0.2) is 54.6 Å². The van der Waals surface area contributed by atoms with Crippen LogP contribution < -0.4 is 15.4 Å². The van der Waals surface area contributed by atoms with Crippen LogP contribution in [0.2, 0.25) is 0 Å². The summed E-state index contributed by atoms with van der Waals surface area (Å²) >= 11 is 1.65. The summed E-state index contributed by atoms with van der Waals surface area (Å²) in [7, 11) is 1.58. The molecule has 0 aliphatic carbocycles. The number of hydrogen-bond donors (Lipinski definition) is 3. The van der Waals surface area contributed by atoms with Gasteiger partial charge in [-0.3, -0.25) is 14.4 Å². The van der Waals surface area contributed by atoms with E-state index in [1.54, 1.807) is 48.0 Å². The number of aliphatic hydroxyl groups excluding tert-OH is 1. The Kier molecular flexibility index (Phi) is 6.93. The Morgan fingerprint density at radius 2 is 1.70 bits per heavy atom. The van der Waals surface area contributed by atoms with Crippen LogP contribution in [0.3, 0.4) is 0 Å². The van der Waals surface area contributed by atoms with E-state index in [1.807, 2.05) is 30.3 Å². The molecule has 0 radical (unpaired) electrons. The van der Waals surface area contributed by atoms with Gasteiger partial charge in [0.15, 0.2) is 0 Å². The van der Waals surface area contributed by atoms with Gasteiger partial charge in [0.1, 0.15) is 11.8 Å². The van der Waals surface area contributed by atoms with Crippen LogP contribution in [0.5, 0.6) is 5.75 Å². The zero-order valence-corrected chi connectivity index (χ0v) is 21.9. The normalized spacial score (nSPS) is 29.8. The fraction of sp³-hybridized carbons (Fsp3) is 0.464. The topological polar surface area (TPSA) is 108 Å². The number of ether oxygens (including phenoxy) is 1. The van der Waals surface area contributed by atoms with E-state index in [0.29, 0.717) is 42.9 Å². The predicted molar refractivity (Wildman–Crippen MR) is 143 cm³/mol. The molecular weight excluding hydrogens is 490 g/mol. The van der Waals surface area contributed by atoms with Crippen LogP contribution in [-0.2, 0) is 14.4 Å². The summed E-state index contributed by atoms with van der Waals surface area (Å²) in [6, 6.07) is 15.7. The van der Waals surface area contributed by atoms with Crippen molar-refractivity contribution in [1.29, 1.82) is 0 Å². The third-order valence-electron chi connectivity index (χ3n) is 8.01. The summed E-state index contributed by atoms with van der Waals surface area (Å²) in [4.78, 5) is 43.2. The number of carbonyl (C=O) groups excluding carboxylic acids is 3. The lowest BCUT2D eigenvalue weighted by Crippen LogP contribution is -2.51. The molecule has 0 saturated carbocycles. The van der Waals surface area contributed by atoms with Gasteiger partial charge in [0.2, 0.25) is 17.7 Å². The maximum Gasteiger partial charge on any atom is 0.248 e. The number of nitrogens with zero attached hydrogens (tertiary/aromatic N) is 1. The van der Waals surface area contributed by atoms with E-state index in [4.69, 9.17) is 4.74 Å². The molecule has 2 unspecified atom stereocenters. The van der Waals surface area contributed by atoms with Gasteiger partial charge in [-0.05, 0) is 69.0 Å². The van der Waals surface area contributed by atoms with Crippen LogP contribution in [0, 0.1) is 11.8 Å². The summed E-state index contributed by atoms with van der Waals surface area (Å²) < 4.78 is 4.10. The van der Waals surface area contributed by atoms with E-state index in [0.717, 1.165) is 6.42 Å². The second kappa shape index (κ2) is 10.0. The summed E-state index contributed by atoms with van der Waals surface area (Å²) in [5.74, 6) is -1.00. The predicted octanol–water partition coefficient (Wildman–Crippen LogP) is 3.53. The van der Waals surface area contributed by atoms with Crippen LogP contribution in [0.1, 0.15) is 32.6 Å². The molecule has 37 heavy (non-hydrogen) atoms. The number of unbranched alkanes of at least 4 members (excludes halogenated alkanes) is 1. The van der Waals surface area contributed by atoms with Crippen molar-refractivity contribution < 1.29 is 24.2 Å². The molecule has 1 spiro atoms. The molecule has 3 fully saturated rings. The average molecular weight is 524 g/mol. The average Bonchev–Trinajstić information content (AvgIpc) is 3.46. The Bertz CT molecular complexity index is 1180. The lowest BCUT2D eigenvalue weighted by atomic mass is 9.66. The molecular formula is C28H33N3O5S. The highest BCUT2D eigenvalue weighted by Crippen LogP contribution is 2.71. The van der Waals surface area contributed by atoms with E-state index >= 15 is 0 Å². The minimum absolute atomic E-state index is 0.0221. The number of para-hydroxylation sites is 1. The quantitative estimate of drug-likeness (QED) is 0.434. The fourth-order valence-corrected chi connectivity index (χ4v) is 8.74. The van der Waals surface area contributed by atoms with Crippen LogP contribution in [0.25, 0.3) is 0 Å². The Morgan fingerprint density at radius 3 is 2.38 bits per heavy atom. The number of nitrogens with one attached hydrogen (secondary N) is 2. The molecule has 3 saturated heterocycles. The molecule has 5 atom stereocenters. The third kappa shape index (κ3) is 4.38. The standard InChI is InChI=1S/C28H33N3O5S/c1-27-14-15-28(37-27)22(21(27)24(33)29-18-8-4-3-5-9-18)26(35)31(16-6-7-17-32)23(28)25(34)30-19-10-12-20(36-2)13-11-19/h3-5,8-13,21-23,32H,6-7,14-17H2,1-2H3,(H,29,33)(H,30,34)/t21-,22-,23?,27+,28?/m0/s1. The van der Waals surface area contributed by atoms with Gasteiger partial charge in [-0.1, -0.05) is 18.2 Å². The Balaban J connectivity index is 1.46. The number of fused-ring (bicyclic) bond motifs is 1. The maximum absolute atomic E-state index is 14.0. The van der Waals surface area contributed by atoms with Gasteiger partial charge in [-0.25, -0.2) is 0 Å². The molecule has 8 nitrogen and oxygen atoms in total. The Labute approximate surface area is 221 Å². The van der Waals surface area contributed by atoms with Crippen molar-refractivity contribution in [1.82, 2.24) is 4.90 Å². The van der Waals surface area contributed by atoms with Crippen molar-refractivity contribution in [3.05, 3.63) is 54.6 Å². The van der Waals surface area contributed by atoms with Gasteiger partial charge in [0, 0.05) is 29.3 Å². The molecule has 3 N–H and O–H groups in total. The minimum Gasteiger partial charge on any atom is -0.497 e. The Hall–Kier alpha value is -3.04. The van der Waals surface area contributed by atoms with Gasteiger partial charge in [0.25, 0.3) is 0 Å². The summed E-state index contributed by atoms with van der Waals surface area (Å²) in [5.41, 5.74) is 1.31. The van der Waals surface area contributed by atoms with E-state index in [-0.39, 0.29) is 24.3 Å². The SMILES string of the molecule is COc1ccc(NC(=O)C2N(CCCCO)C(=O)[C@@H]3[C@@H](C(=O)Nc4ccccc4)[C@@]4(C)CCC23S4)cc1. The van der Waals surface area contributed by atoms with Crippen molar-refractivity contribution in [2.24, 2.45) is 11.8 Å². The Morgan fingerprint density at radius 1 is 1.03 bits per heavy atom. The minimum atomic E-state index is -0.702. The lowest BCUT2D eigenvalue weighted by Gasteiger charge is -2.34. The number of thioether (sulfide) groups is 1. The van der Waals surface area contributed by atoms with Gasteiger partial charge >= 0.3 is 0 Å². The number of methoxy groups -OCH3 is 1. The molecule has 5 rings (SSSR count). The highest BCUT2D eigenvalue weighted by atomic mass is 32.2. The molecule has 0 aromatic heterocycles. The van der Waals surface area contributed by atoms with Crippen molar-refractivity contribution >= 4 is 40.9 Å². The summed E-state index contributed by atoms with van der Waals surface area (Å²) in [5, 5.41) is 15.4. The number of anilines is 2. The molecule has 2 aromatic carbocycles. The van der Waals surface area contributed by atoms with Gasteiger partial charge in [-0.15, -0.1) is 11.8 Å². The van der Waals surface area contributed by atoms with Crippen LogP contribution in [-0.4, -0.2) is 63.5 Å². The number of benzene rings is 2. The molecule has 196 valence electrons. The highest BCUT2D eigenvalue weighted by Gasteiger charge is 2.77. The maximum atomic E-state index is 14.0. The zero-order valence-electron chi connectivity index (χ0n) is 21.1. The summed E-state index contributed by atoms with van der Waals surface area (Å²) in [6.45, 7) is 2.44. The van der Waals surface area contributed by atoms with Crippen molar-refractivity contribution in [2.75, 3.05) is 30.9 Å². The second-order valence-corrected chi connectivity index (χ2v) is 12.2.